The van der Waals surface area contributed by atoms with E-state index in [0.29, 0.717) is 0 Å². The summed E-state index contributed by atoms with van der Waals surface area (Å²) >= 11 is 0. The van der Waals surface area contributed by atoms with Crippen LogP contribution in [0.25, 0.3) is 0 Å². The predicted molar refractivity (Wildman–Crippen MR) is 59.0 cm³/mol. The molecule has 0 spiro atoms. The molecule has 0 aliphatic carbocycles. The van der Waals surface area contributed by atoms with Gasteiger partial charge in [-0.3, -0.25) is 0 Å². The van der Waals surface area contributed by atoms with E-state index in [2.05, 4.69) is 40.0 Å². The van der Waals surface area contributed by atoms with Crippen LogP contribution >= 0.6 is 0 Å². The van der Waals surface area contributed by atoms with Crippen LogP contribution in [0.15, 0.2) is 0 Å². The molecule has 0 aromatic carbocycles. The number of unbranched alkanes of at least 4 members (excludes halogenated alkanes) is 1. The van der Waals surface area contributed by atoms with Gasteiger partial charge < -0.3 is 5.73 Å². The van der Waals surface area contributed by atoms with Gasteiger partial charge in [0, 0.05) is 0 Å². The number of terminal acetylenes is 1. The van der Waals surface area contributed by atoms with Crippen LogP contribution in [-0.2, 0) is 0 Å². The first-order valence-corrected chi connectivity index (χ1v) is 4.64. The Morgan fingerprint density at radius 1 is 1.33 bits per heavy atom. The highest BCUT2D eigenvalue weighted by molar-refractivity contribution is 4.73. The van der Waals surface area contributed by atoms with Gasteiger partial charge in [-0.25, -0.2) is 0 Å². The Morgan fingerprint density at radius 2 is 1.58 bits per heavy atom. The smallest absolute Gasteiger partial charge is 0.00297 e. The molecule has 0 rings (SSSR count). The summed E-state index contributed by atoms with van der Waals surface area (Å²) in [7, 11) is 0. The van der Waals surface area contributed by atoms with Gasteiger partial charge in [-0.15, -0.1) is 12.3 Å². The van der Waals surface area contributed by atoms with Crippen LogP contribution in [-0.4, -0.2) is 6.54 Å². The molecule has 0 amide bonds. The summed E-state index contributed by atoms with van der Waals surface area (Å²) in [6.45, 7) is 11.1. The first-order chi connectivity index (χ1) is 5.56. The van der Waals surface area contributed by atoms with Crippen molar-refractivity contribution < 1.29 is 0 Å². The molecule has 74 valence electrons. The highest BCUT2D eigenvalue weighted by Crippen LogP contribution is 1.81. The van der Waals surface area contributed by atoms with Gasteiger partial charge in [0.1, 0.15) is 0 Å². The maximum absolute atomic E-state index is 5.14. The van der Waals surface area contributed by atoms with Gasteiger partial charge >= 0.3 is 0 Å². The minimum absolute atomic E-state index is 0.833. The summed E-state index contributed by atoms with van der Waals surface area (Å²) in [6, 6.07) is 0. The van der Waals surface area contributed by atoms with Crippen molar-refractivity contribution in [3.63, 3.8) is 0 Å². The fraction of sp³-hybridized carbons (Fsp3) is 0.818. The third-order valence-electron chi connectivity index (χ3n) is 0.558. The van der Waals surface area contributed by atoms with E-state index in [4.69, 9.17) is 5.73 Å². The maximum Gasteiger partial charge on any atom is -0.00297 e. The molecule has 0 heterocycles. The summed E-state index contributed by atoms with van der Waals surface area (Å²) in [4.78, 5) is 0. The van der Waals surface area contributed by atoms with Crippen molar-refractivity contribution in [2.75, 3.05) is 6.54 Å². The molecule has 0 fully saturated rings. The molecule has 1 nitrogen and oxygen atoms in total. The highest BCUT2D eigenvalue weighted by Gasteiger charge is 1.68. The van der Waals surface area contributed by atoms with Crippen LogP contribution in [0.5, 0.6) is 0 Å². The Hall–Kier alpha value is -0.480. The lowest BCUT2D eigenvalue weighted by Gasteiger charge is -1.80. The van der Waals surface area contributed by atoms with E-state index in [0.717, 1.165) is 12.5 Å². The fourth-order valence-electron chi connectivity index (χ4n) is 0.204. The molecule has 1 heteroatoms. The third-order valence-corrected chi connectivity index (χ3v) is 0.558. The van der Waals surface area contributed by atoms with E-state index in [1.54, 1.807) is 6.92 Å². The topological polar surface area (TPSA) is 26.0 Å². The van der Waals surface area contributed by atoms with E-state index >= 15 is 0 Å². The van der Waals surface area contributed by atoms with Crippen molar-refractivity contribution in [2.24, 2.45) is 11.7 Å². The molecular weight excluding hydrogens is 146 g/mol. The average molecular weight is 171 g/mol. The molecule has 0 atom stereocenters. The molecule has 0 aromatic heterocycles. The lowest BCUT2D eigenvalue weighted by Crippen LogP contribution is -1.95. The van der Waals surface area contributed by atoms with Crippen molar-refractivity contribution in [3.8, 4) is 12.3 Å². The van der Waals surface area contributed by atoms with Gasteiger partial charge in [0.05, 0.1) is 0 Å². The molecular formula is C11H25N. The second-order valence-corrected chi connectivity index (χ2v) is 3.16. The van der Waals surface area contributed by atoms with Crippen molar-refractivity contribution in [2.45, 2.75) is 47.5 Å². The van der Waals surface area contributed by atoms with Crippen molar-refractivity contribution in [1.29, 1.82) is 0 Å². The Bertz CT molecular complexity index is 74.7. The number of hydrogen-bond donors (Lipinski definition) is 1. The van der Waals surface area contributed by atoms with Gasteiger partial charge in [0.25, 0.3) is 0 Å². The van der Waals surface area contributed by atoms with Gasteiger partial charge in [0.2, 0.25) is 0 Å². The molecule has 0 unspecified atom stereocenters. The Balaban J connectivity index is -0.000000105. The summed E-state index contributed by atoms with van der Waals surface area (Å²) < 4.78 is 0. The molecule has 0 bridgehead atoms. The molecule has 0 saturated heterocycles. The van der Waals surface area contributed by atoms with Gasteiger partial charge in [-0.2, -0.15) is 0 Å². The van der Waals surface area contributed by atoms with Crippen LogP contribution in [0.3, 0.4) is 0 Å². The minimum Gasteiger partial charge on any atom is -0.330 e. The van der Waals surface area contributed by atoms with Crippen LogP contribution in [0, 0.1) is 18.3 Å². The van der Waals surface area contributed by atoms with E-state index in [-0.39, 0.29) is 0 Å². The SMILES string of the molecule is C#CC.CC(C)C.CCCCN. The second-order valence-electron chi connectivity index (χ2n) is 3.16. The largest absolute Gasteiger partial charge is 0.330 e. The fourth-order valence-corrected chi connectivity index (χ4v) is 0.204. The maximum atomic E-state index is 5.14. The average Bonchev–Trinajstić information content (AvgIpc) is 1.89. The van der Waals surface area contributed by atoms with E-state index in [9.17, 15) is 0 Å². The standard InChI is InChI=1S/C4H11N.C4H10.C3H4/c1-2-3-4-5;1-4(2)3;1-3-2/h2-5H2,1H3;4H,1-3H3;1H,2H3. The van der Waals surface area contributed by atoms with Gasteiger partial charge in [0.15, 0.2) is 0 Å². The van der Waals surface area contributed by atoms with E-state index in [1.165, 1.54) is 12.8 Å². The normalized spacial score (nSPS) is 7.17. The Morgan fingerprint density at radius 3 is 1.58 bits per heavy atom. The van der Waals surface area contributed by atoms with Crippen molar-refractivity contribution in [3.05, 3.63) is 0 Å². The minimum atomic E-state index is 0.833. The van der Waals surface area contributed by atoms with Crippen LogP contribution in [0.1, 0.15) is 47.5 Å². The zero-order valence-electron chi connectivity index (χ0n) is 9.35. The van der Waals surface area contributed by atoms with Gasteiger partial charge in [-0.1, -0.05) is 34.1 Å². The molecule has 0 radical (unpaired) electrons. The van der Waals surface area contributed by atoms with Gasteiger partial charge in [-0.05, 0) is 25.8 Å². The lowest BCUT2D eigenvalue weighted by molar-refractivity contribution is 0.737. The van der Waals surface area contributed by atoms with Crippen LogP contribution in [0.4, 0.5) is 0 Å². The molecule has 2 N–H and O–H groups in total. The molecule has 0 aliphatic heterocycles. The Labute approximate surface area is 78.7 Å². The molecule has 12 heavy (non-hydrogen) atoms. The quantitative estimate of drug-likeness (QED) is 0.635. The molecule has 0 aliphatic rings. The first-order valence-electron chi connectivity index (χ1n) is 4.64. The second kappa shape index (κ2) is 22.4. The molecule has 0 saturated carbocycles. The first kappa shape index (κ1) is 17.6. The summed E-state index contributed by atoms with van der Waals surface area (Å²) in [5.41, 5.74) is 5.14. The zero-order valence-corrected chi connectivity index (χ0v) is 9.35. The van der Waals surface area contributed by atoms with Crippen LogP contribution in [0.2, 0.25) is 0 Å². The zero-order chi connectivity index (χ0) is 10.4. The number of rotatable bonds is 2. The van der Waals surface area contributed by atoms with Crippen LogP contribution < -0.4 is 5.73 Å². The van der Waals surface area contributed by atoms with Crippen molar-refractivity contribution >= 4 is 0 Å². The third kappa shape index (κ3) is 299. The highest BCUT2D eigenvalue weighted by atomic mass is 14.5. The molecule has 0 aromatic rings. The number of nitrogens with two attached hydrogens (primary N) is 1. The summed E-state index contributed by atoms with van der Waals surface area (Å²) in [6.07, 6.45) is 6.98. The monoisotopic (exact) mass is 171 g/mol. The summed E-state index contributed by atoms with van der Waals surface area (Å²) in [5, 5.41) is 0. The summed E-state index contributed by atoms with van der Waals surface area (Å²) in [5.74, 6) is 3.08. The van der Waals surface area contributed by atoms with Crippen molar-refractivity contribution in [1.82, 2.24) is 0 Å². The lowest BCUT2D eigenvalue weighted by atomic mass is 10.3. The van der Waals surface area contributed by atoms with E-state index < -0.39 is 0 Å². The van der Waals surface area contributed by atoms with E-state index in [1.807, 2.05) is 0 Å². The Kier molecular flexibility index (Phi) is 32.8. The number of hydrogen-bond acceptors (Lipinski definition) is 1. The predicted octanol–water partition coefficient (Wildman–Crippen LogP) is 3.05.